The van der Waals surface area contributed by atoms with E-state index in [4.69, 9.17) is 4.74 Å². The van der Waals surface area contributed by atoms with Crippen molar-refractivity contribution in [3.8, 4) is 11.3 Å². The molecule has 8 heteroatoms. The van der Waals surface area contributed by atoms with Crippen LogP contribution in [0.2, 0.25) is 0 Å². The van der Waals surface area contributed by atoms with Crippen molar-refractivity contribution in [2.75, 3.05) is 5.32 Å². The summed E-state index contributed by atoms with van der Waals surface area (Å²) in [4.78, 5) is 28.5. The second-order valence-corrected chi connectivity index (χ2v) is 6.21. The van der Waals surface area contributed by atoms with Crippen LogP contribution in [0.25, 0.3) is 11.3 Å². The summed E-state index contributed by atoms with van der Waals surface area (Å²) in [7, 11) is 0. The Morgan fingerprint density at radius 3 is 2.65 bits per heavy atom. The third-order valence-electron chi connectivity index (χ3n) is 3.49. The number of nitrogens with one attached hydrogen (secondary N) is 1. The Bertz CT molecular complexity index is 927. The molecular weight excluding hydrogens is 354 g/mol. The molecule has 1 N–H and O–H groups in total. The van der Waals surface area contributed by atoms with Gasteiger partial charge in [0.2, 0.25) is 0 Å². The summed E-state index contributed by atoms with van der Waals surface area (Å²) in [5, 5.41) is 16.4. The van der Waals surface area contributed by atoms with Crippen LogP contribution in [0.3, 0.4) is 0 Å². The van der Waals surface area contributed by atoms with Gasteiger partial charge in [0, 0.05) is 23.1 Å². The summed E-state index contributed by atoms with van der Waals surface area (Å²) in [6.45, 7) is 1.43. The lowest BCUT2D eigenvalue weighted by molar-refractivity contribution is -0.608. The fourth-order valence-electron chi connectivity index (χ4n) is 2.14. The van der Waals surface area contributed by atoms with Crippen LogP contribution in [0.15, 0.2) is 60.1 Å². The summed E-state index contributed by atoms with van der Waals surface area (Å²) in [5.41, 5.74) is 1.49. The maximum absolute atomic E-state index is 12.2. The maximum Gasteiger partial charge on any atom is 0.405 e. The zero-order chi connectivity index (χ0) is 18.5. The highest BCUT2D eigenvalue weighted by Crippen LogP contribution is 2.24. The molecule has 7 nitrogen and oxygen atoms in total. The summed E-state index contributed by atoms with van der Waals surface area (Å²) in [6, 6.07) is 13.9. The molecule has 3 rings (SSSR count). The molecule has 2 aromatic heterocycles. The van der Waals surface area contributed by atoms with Crippen LogP contribution in [0.5, 0.6) is 0 Å². The molecule has 0 radical (unpaired) electrons. The van der Waals surface area contributed by atoms with Crippen LogP contribution in [0.1, 0.15) is 17.4 Å². The van der Waals surface area contributed by atoms with E-state index in [1.807, 2.05) is 35.7 Å². The predicted molar refractivity (Wildman–Crippen MR) is 96.5 cm³/mol. The van der Waals surface area contributed by atoms with Crippen LogP contribution < -0.4 is 10.0 Å². The largest absolute Gasteiger partial charge is 0.618 e. The fraction of sp³-hybridized carbons (Fsp3) is 0.111. The molecule has 0 fully saturated rings. The number of carbonyl (C=O) groups excluding carboxylic acids is 2. The number of benzene rings is 1. The van der Waals surface area contributed by atoms with E-state index in [1.165, 1.54) is 42.7 Å². The number of thiazole rings is 1. The van der Waals surface area contributed by atoms with Crippen LogP contribution in [0, 0.1) is 5.21 Å². The van der Waals surface area contributed by atoms with Gasteiger partial charge in [0.25, 0.3) is 5.91 Å². The van der Waals surface area contributed by atoms with Gasteiger partial charge in [0.05, 0.1) is 5.69 Å². The van der Waals surface area contributed by atoms with Crippen LogP contribution in [-0.2, 0) is 9.53 Å². The van der Waals surface area contributed by atoms with Gasteiger partial charge in [-0.2, -0.15) is 4.73 Å². The monoisotopic (exact) mass is 369 g/mol. The van der Waals surface area contributed by atoms with E-state index >= 15 is 0 Å². The first-order chi connectivity index (χ1) is 12.5. The number of esters is 1. The highest BCUT2D eigenvalue weighted by atomic mass is 32.1. The van der Waals surface area contributed by atoms with Crippen LogP contribution in [-0.4, -0.2) is 23.0 Å². The zero-order valence-electron chi connectivity index (χ0n) is 13.8. The Kier molecular flexibility index (Phi) is 5.23. The molecule has 1 aromatic carbocycles. The summed E-state index contributed by atoms with van der Waals surface area (Å²) in [5.74, 6) is -1.40. The van der Waals surface area contributed by atoms with Crippen LogP contribution in [0.4, 0.5) is 5.13 Å². The first-order valence-electron chi connectivity index (χ1n) is 7.75. The van der Waals surface area contributed by atoms with Crippen molar-refractivity contribution in [2.45, 2.75) is 13.0 Å². The molecule has 0 unspecified atom stereocenters. The molecule has 0 aliphatic carbocycles. The number of amides is 1. The standard InChI is InChI=1S/C18H15N3O4S/c1-12(25-17(23)15-9-5-6-10-21(15)24)16(22)20-18-19-14(11-26-18)13-7-3-2-4-8-13/h2-12H,1H3,(H,19,20,22)/t12-/m0/s1. The quantitative estimate of drug-likeness (QED) is 0.424. The average Bonchev–Trinajstić information content (AvgIpc) is 3.11. The van der Waals surface area contributed by atoms with E-state index in [0.29, 0.717) is 9.86 Å². The van der Waals surface area contributed by atoms with E-state index in [0.717, 1.165) is 11.3 Å². The van der Waals surface area contributed by atoms with Gasteiger partial charge in [-0.1, -0.05) is 30.3 Å². The van der Waals surface area contributed by atoms with Crippen molar-refractivity contribution in [3.05, 3.63) is 71.0 Å². The Morgan fingerprint density at radius 1 is 1.19 bits per heavy atom. The third kappa shape index (κ3) is 4.04. The number of rotatable bonds is 5. The topological polar surface area (TPSA) is 95.2 Å². The van der Waals surface area contributed by atoms with Crippen molar-refractivity contribution >= 4 is 28.3 Å². The van der Waals surface area contributed by atoms with Gasteiger partial charge < -0.3 is 9.94 Å². The highest BCUT2D eigenvalue weighted by molar-refractivity contribution is 7.14. The smallest absolute Gasteiger partial charge is 0.405 e. The summed E-state index contributed by atoms with van der Waals surface area (Å²) >= 11 is 1.27. The van der Waals surface area contributed by atoms with E-state index < -0.39 is 18.0 Å². The van der Waals surface area contributed by atoms with Gasteiger partial charge in [-0.3, -0.25) is 10.1 Å². The average molecular weight is 369 g/mol. The normalized spacial score (nSPS) is 11.6. The minimum absolute atomic E-state index is 0.187. The molecule has 26 heavy (non-hydrogen) atoms. The van der Waals surface area contributed by atoms with Crippen molar-refractivity contribution in [2.24, 2.45) is 0 Å². The van der Waals surface area contributed by atoms with Crippen molar-refractivity contribution in [1.29, 1.82) is 0 Å². The molecular formula is C18H15N3O4S. The number of pyridine rings is 1. The number of aromatic nitrogens is 2. The Morgan fingerprint density at radius 2 is 1.92 bits per heavy atom. The molecule has 1 amide bonds. The number of carbonyl (C=O) groups is 2. The van der Waals surface area contributed by atoms with Gasteiger partial charge >= 0.3 is 11.7 Å². The van der Waals surface area contributed by atoms with Gasteiger partial charge in [-0.15, -0.1) is 11.3 Å². The van der Waals surface area contributed by atoms with Crippen molar-refractivity contribution < 1.29 is 19.1 Å². The van der Waals surface area contributed by atoms with E-state index in [1.54, 1.807) is 0 Å². The summed E-state index contributed by atoms with van der Waals surface area (Å²) < 4.78 is 5.44. The first kappa shape index (κ1) is 17.6. The molecule has 0 saturated carbocycles. The Balaban J connectivity index is 1.62. The van der Waals surface area contributed by atoms with Gasteiger partial charge in [0.15, 0.2) is 17.4 Å². The molecule has 2 heterocycles. The molecule has 0 aliphatic heterocycles. The Labute approximate surface area is 153 Å². The van der Waals surface area contributed by atoms with E-state index in [-0.39, 0.29) is 5.69 Å². The third-order valence-corrected chi connectivity index (χ3v) is 4.25. The molecule has 1 atom stereocenters. The highest BCUT2D eigenvalue weighted by Gasteiger charge is 2.24. The molecule has 0 bridgehead atoms. The molecule has 132 valence electrons. The first-order valence-corrected chi connectivity index (χ1v) is 8.63. The predicted octanol–water partition coefficient (Wildman–Crippen LogP) is 2.63. The molecule has 0 aliphatic rings. The van der Waals surface area contributed by atoms with Crippen molar-refractivity contribution in [3.63, 3.8) is 0 Å². The zero-order valence-corrected chi connectivity index (χ0v) is 14.6. The second-order valence-electron chi connectivity index (χ2n) is 5.35. The van der Waals surface area contributed by atoms with Crippen LogP contribution >= 0.6 is 11.3 Å². The number of hydrogen-bond donors (Lipinski definition) is 1. The van der Waals surface area contributed by atoms with E-state index in [2.05, 4.69) is 10.3 Å². The fourth-order valence-corrected chi connectivity index (χ4v) is 2.86. The lowest BCUT2D eigenvalue weighted by Crippen LogP contribution is -2.37. The van der Waals surface area contributed by atoms with Gasteiger partial charge in [0.1, 0.15) is 0 Å². The van der Waals surface area contributed by atoms with Crippen molar-refractivity contribution in [1.82, 2.24) is 4.98 Å². The number of anilines is 1. The molecule has 0 spiro atoms. The summed E-state index contributed by atoms with van der Waals surface area (Å²) in [6.07, 6.45) is 0.105. The SMILES string of the molecule is C[C@H](OC(=O)c1cccc[n+]1[O-])C(=O)Nc1nc(-c2ccccc2)cs1. The maximum atomic E-state index is 12.2. The van der Waals surface area contributed by atoms with Gasteiger partial charge in [-0.25, -0.2) is 9.78 Å². The van der Waals surface area contributed by atoms with Gasteiger partial charge in [-0.05, 0) is 13.0 Å². The number of ether oxygens (including phenoxy) is 1. The molecule has 0 saturated heterocycles. The minimum atomic E-state index is -1.08. The second kappa shape index (κ2) is 7.75. The number of hydrogen-bond acceptors (Lipinski definition) is 6. The minimum Gasteiger partial charge on any atom is -0.618 e. The lowest BCUT2D eigenvalue weighted by atomic mass is 10.2. The van der Waals surface area contributed by atoms with E-state index in [9.17, 15) is 14.8 Å². The Hall–Kier alpha value is -3.26. The number of nitrogens with zero attached hydrogens (tertiary/aromatic N) is 2. The molecule has 3 aromatic rings. The lowest BCUT2D eigenvalue weighted by Gasteiger charge is -2.11.